The molecule has 0 radical (unpaired) electrons. The lowest BCUT2D eigenvalue weighted by Gasteiger charge is -2.17. The number of carbonyl (C=O) groups excluding carboxylic acids is 1. The second-order valence-corrected chi connectivity index (χ2v) is 9.02. The lowest BCUT2D eigenvalue weighted by Crippen LogP contribution is -2.16. The molecule has 0 saturated carbocycles. The van der Waals surface area contributed by atoms with Gasteiger partial charge < -0.3 is 14.8 Å². The highest BCUT2D eigenvalue weighted by molar-refractivity contribution is 7.89. The summed E-state index contributed by atoms with van der Waals surface area (Å²) >= 11 is 5.95. The van der Waals surface area contributed by atoms with Gasteiger partial charge in [0, 0.05) is 29.3 Å². The van der Waals surface area contributed by atoms with Crippen LogP contribution in [0.15, 0.2) is 65.6 Å². The number of carbonyl (C=O) groups is 1. The van der Waals surface area contributed by atoms with E-state index in [0.717, 1.165) is 12.1 Å². The van der Waals surface area contributed by atoms with Crippen LogP contribution in [0.1, 0.15) is 22.8 Å². The fraction of sp³-hybridized carbons (Fsp3) is 0.136. The Balaban J connectivity index is 2.02. The predicted octanol–water partition coefficient (Wildman–Crippen LogP) is 5.15. The molecule has 7 nitrogen and oxygen atoms in total. The third-order valence-electron chi connectivity index (χ3n) is 4.50. The number of hydrogen-bond donors (Lipinski definition) is 2. The molecule has 0 aliphatic rings. The second kappa shape index (κ2) is 9.34. The van der Waals surface area contributed by atoms with Gasteiger partial charge in [-0.15, -0.1) is 0 Å². The number of amides is 1. The molecule has 0 spiro atoms. The number of primary sulfonamides is 1. The van der Waals surface area contributed by atoms with Crippen molar-refractivity contribution >= 4 is 33.2 Å². The van der Waals surface area contributed by atoms with Gasteiger partial charge >= 0.3 is 0 Å². The molecule has 0 aliphatic heterocycles. The smallest absolute Gasteiger partial charge is 0.270 e. The number of alkyl halides is 2. The van der Waals surface area contributed by atoms with Crippen LogP contribution in [0.4, 0.5) is 14.5 Å². The number of anilines is 1. The lowest BCUT2D eigenvalue weighted by molar-refractivity contribution is 0.0172. The highest BCUT2D eigenvalue weighted by Crippen LogP contribution is 2.38. The monoisotopic (exact) mass is 496 g/mol. The van der Waals surface area contributed by atoms with Crippen LogP contribution >= 0.6 is 11.6 Å². The molecule has 0 fully saturated rings. The number of nitrogens with two attached hydrogens (primary N) is 1. The van der Waals surface area contributed by atoms with E-state index < -0.39 is 21.9 Å². The summed E-state index contributed by atoms with van der Waals surface area (Å²) in [6.07, 6.45) is 0. The predicted molar refractivity (Wildman–Crippen MR) is 120 cm³/mol. The molecule has 0 bridgehead atoms. The fourth-order valence-electron chi connectivity index (χ4n) is 2.86. The number of benzene rings is 3. The van der Waals surface area contributed by atoms with E-state index in [-0.39, 0.29) is 39.0 Å². The Morgan fingerprint density at radius 1 is 1.03 bits per heavy atom. The minimum absolute atomic E-state index is 0.0824. The Hall–Kier alpha value is -3.21. The molecule has 1 amide bonds. The quantitative estimate of drug-likeness (QED) is 0.470. The molecule has 3 aromatic rings. The van der Waals surface area contributed by atoms with Crippen LogP contribution in [0.2, 0.25) is 5.02 Å². The zero-order valence-electron chi connectivity index (χ0n) is 17.4. The first-order chi connectivity index (χ1) is 15.4. The van der Waals surface area contributed by atoms with Crippen LogP contribution in [0, 0.1) is 0 Å². The van der Waals surface area contributed by atoms with E-state index in [1.54, 1.807) is 0 Å². The number of ether oxygens (including phenoxy) is 2. The first kappa shape index (κ1) is 24.4. The molecule has 0 aliphatic carbocycles. The third-order valence-corrected chi connectivity index (χ3v) is 5.65. The first-order valence-corrected chi connectivity index (χ1v) is 11.3. The minimum atomic E-state index is -3.99. The van der Waals surface area contributed by atoms with Crippen molar-refractivity contribution in [2.45, 2.75) is 17.7 Å². The van der Waals surface area contributed by atoms with E-state index in [1.807, 2.05) is 0 Å². The normalized spacial score (nSPS) is 11.7. The van der Waals surface area contributed by atoms with Gasteiger partial charge in [-0.25, -0.2) is 22.3 Å². The van der Waals surface area contributed by atoms with E-state index in [1.165, 1.54) is 55.6 Å². The van der Waals surface area contributed by atoms with Crippen molar-refractivity contribution in [1.82, 2.24) is 0 Å². The highest BCUT2D eigenvalue weighted by Gasteiger charge is 2.27. The topological polar surface area (TPSA) is 108 Å². The summed E-state index contributed by atoms with van der Waals surface area (Å²) in [5, 5.41) is 8.00. The summed E-state index contributed by atoms with van der Waals surface area (Å²) in [7, 11) is -2.62. The molecule has 3 aromatic carbocycles. The average Bonchev–Trinajstić information content (AvgIpc) is 2.73. The minimum Gasteiger partial charge on any atom is -0.493 e. The molecule has 0 aromatic heterocycles. The molecule has 0 unspecified atom stereocenters. The molecule has 0 heterocycles. The first-order valence-electron chi connectivity index (χ1n) is 9.36. The van der Waals surface area contributed by atoms with Crippen molar-refractivity contribution in [3.8, 4) is 17.2 Å². The SMILES string of the molecule is COc1cc(Cl)ccc1Oc1cc(C(C)(F)F)ccc1C(=O)Nc1cccc(S(N)(=O)=O)c1. The number of methoxy groups -OCH3 is 1. The van der Waals surface area contributed by atoms with Crippen LogP contribution < -0.4 is 19.9 Å². The van der Waals surface area contributed by atoms with Gasteiger partial charge in [-0.3, -0.25) is 4.79 Å². The maximum absolute atomic E-state index is 13.9. The van der Waals surface area contributed by atoms with Crippen LogP contribution in [0.5, 0.6) is 17.2 Å². The summed E-state index contributed by atoms with van der Waals surface area (Å²) < 4.78 is 62.0. The number of hydrogen-bond acceptors (Lipinski definition) is 5. The van der Waals surface area contributed by atoms with E-state index in [0.29, 0.717) is 11.9 Å². The summed E-state index contributed by atoms with van der Waals surface area (Å²) in [6.45, 7) is 0.716. The zero-order chi connectivity index (χ0) is 24.4. The van der Waals surface area contributed by atoms with Crippen LogP contribution in [-0.2, 0) is 15.9 Å². The molecule has 11 heteroatoms. The van der Waals surface area contributed by atoms with E-state index in [2.05, 4.69) is 5.32 Å². The van der Waals surface area contributed by atoms with Crippen molar-refractivity contribution in [3.63, 3.8) is 0 Å². The zero-order valence-corrected chi connectivity index (χ0v) is 19.0. The van der Waals surface area contributed by atoms with Crippen molar-refractivity contribution in [3.05, 3.63) is 76.8 Å². The highest BCUT2D eigenvalue weighted by atomic mass is 35.5. The van der Waals surface area contributed by atoms with Crippen molar-refractivity contribution in [1.29, 1.82) is 0 Å². The van der Waals surface area contributed by atoms with Gasteiger partial charge in [0.1, 0.15) is 5.75 Å². The number of rotatable bonds is 7. The van der Waals surface area contributed by atoms with Crippen molar-refractivity contribution in [2.24, 2.45) is 5.14 Å². The maximum atomic E-state index is 13.9. The van der Waals surface area contributed by atoms with Gasteiger partial charge in [-0.2, -0.15) is 0 Å². The van der Waals surface area contributed by atoms with Crippen molar-refractivity contribution in [2.75, 3.05) is 12.4 Å². The van der Waals surface area contributed by atoms with Crippen LogP contribution in [-0.4, -0.2) is 21.4 Å². The molecular weight excluding hydrogens is 478 g/mol. The Labute approximate surface area is 194 Å². The number of halogens is 3. The average molecular weight is 497 g/mol. The largest absolute Gasteiger partial charge is 0.493 e. The Morgan fingerprint density at radius 3 is 2.39 bits per heavy atom. The Morgan fingerprint density at radius 2 is 1.76 bits per heavy atom. The van der Waals surface area contributed by atoms with Crippen molar-refractivity contribution < 1.29 is 31.5 Å². The maximum Gasteiger partial charge on any atom is 0.270 e. The number of sulfonamides is 1. The molecule has 0 atom stereocenters. The Kier molecular flexibility index (Phi) is 6.92. The molecule has 3 rings (SSSR count). The van der Waals surface area contributed by atoms with E-state index in [9.17, 15) is 22.0 Å². The number of nitrogens with one attached hydrogen (secondary N) is 1. The second-order valence-electron chi connectivity index (χ2n) is 7.02. The summed E-state index contributed by atoms with van der Waals surface area (Å²) in [5.41, 5.74) is -0.328. The van der Waals surface area contributed by atoms with Crippen LogP contribution in [0.25, 0.3) is 0 Å². The van der Waals surface area contributed by atoms with Gasteiger partial charge in [0.25, 0.3) is 11.8 Å². The summed E-state index contributed by atoms with van der Waals surface area (Å²) in [5.74, 6) is -3.72. The van der Waals surface area contributed by atoms with Gasteiger partial charge in [0.15, 0.2) is 11.5 Å². The van der Waals surface area contributed by atoms with Gasteiger partial charge in [-0.05, 0) is 42.5 Å². The molecule has 33 heavy (non-hydrogen) atoms. The van der Waals surface area contributed by atoms with Crippen LogP contribution in [0.3, 0.4) is 0 Å². The molecule has 174 valence electrons. The standard InChI is InChI=1S/C22H19ClF2N2O5S/c1-22(24,25)13-6-8-17(19(10-13)32-18-9-7-14(23)11-20(18)31-2)21(28)27-15-4-3-5-16(12-15)33(26,29)30/h3-12H,1-2H3,(H,27,28)(H2,26,29,30). The van der Waals surface area contributed by atoms with Gasteiger partial charge in [-0.1, -0.05) is 23.7 Å². The Bertz CT molecular complexity index is 1310. The summed E-state index contributed by atoms with van der Waals surface area (Å²) in [4.78, 5) is 12.7. The molecule has 3 N–H and O–H groups in total. The van der Waals surface area contributed by atoms with E-state index >= 15 is 0 Å². The lowest BCUT2D eigenvalue weighted by atomic mass is 10.1. The van der Waals surface area contributed by atoms with Gasteiger partial charge in [0.05, 0.1) is 17.6 Å². The molecular formula is C22H19ClF2N2O5S. The fourth-order valence-corrected chi connectivity index (χ4v) is 3.58. The van der Waals surface area contributed by atoms with E-state index in [4.69, 9.17) is 26.2 Å². The van der Waals surface area contributed by atoms with Gasteiger partial charge in [0.2, 0.25) is 10.0 Å². The molecule has 0 saturated heterocycles. The third kappa shape index (κ3) is 5.98. The summed E-state index contributed by atoms with van der Waals surface area (Å²) in [6, 6.07) is 13.1.